The van der Waals surface area contributed by atoms with Crippen LogP contribution >= 0.6 is 38.9 Å². The zero-order valence-corrected chi connectivity index (χ0v) is 11.9. The quantitative estimate of drug-likeness (QED) is 0.866. The first-order valence-corrected chi connectivity index (χ1v) is 6.84. The van der Waals surface area contributed by atoms with Crippen molar-refractivity contribution in [3.63, 3.8) is 0 Å². The Morgan fingerprint density at radius 2 is 2.06 bits per heavy atom. The standard InChI is InChI=1S/C12H11BrClNS/c1-7-4-2-3-5-8(7)11(15)10-6-9(14)12(13)16-10/h2-6,11H,15H2,1H3. The number of thiophene rings is 1. The molecule has 1 heterocycles. The Labute approximate surface area is 112 Å². The summed E-state index contributed by atoms with van der Waals surface area (Å²) in [4.78, 5) is 1.08. The van der Waals surface area contributed by atoms with Crippen molar-refractivity contribution in [1.82, 2.24) is 0 Å². The van der Waals surface area contributed by atoms with Gasteiger partial charge in [-0.3, -0.25) is 0 Å². The summed E-state index contributed by atoms with van der Waals surface area (Å²) in [7, 11) is 0. The van der Waals surface area contributed by atoms with E-state index in [4.69, 9.17) is 17.3 Å². The molecule has 0 amide bonds. The first-order valence-electron chi connectivity index (χ1n) is 4.85. The Hall–Kier alpha value is -0.350. The number of hydrogen-bond donors (Lipinski definition) is 1. The van der Waals surface area contributed by atoms with Gasteiger partial charge in [-0.05, 0) is 40.0 Å². The van der Waals surface area contributed by atoms with Crippen LogP contribution in [0, 0.1) is 6.92 Å². The summed E-state index contributed by atoms with van der Waals surface area (Å²) in [5, 5.41) is 0.726. The van der Waals surface area contributed by atoms with Gasteiger partial charge in [0.2, 0.25) is 0 Å². The summed E-state index contributed by atoms with van der Waals surface area (Å²) in [5.41, 5.74) is 8.58. The minimum Gasteiger partial charge on any atom is -0.320 e. The van der Waals surface area contributed by atoms with E-state index in [0.29, 0.717) is 0 Å². The largest absolute Gasteiger partial charge is 0.320 e. The number of rotatable bonds is 2. The summed E-state index contributed by atoms with van der Waals surface area (Å²) < 4.78 is 0.938. The number of nitrogens with two attached hydrogens (primary N) is 1. The van der Waals surface area contributed by atoms with Crippen molar-refractivity contribution in [3.8, 4) is 0 Å². The molecule has 0 aliphatic carbocycles. The topological polar surface area (TPSA) is 26.0 Å². The highest BCUT2D eigenvalue weighted by Crippen LogP contribution is 2.36. The highest BCUT2D eigenvalue weighted by atomic mass is 79.9. The fourth-order valence-electron chi connectivity index (χ4n) is 1.61. The third kappa shape index (κ3) is 2.33. The Bertz CT molecular complexity index is 490. The van der Waals surface area contributed by atoms with Crippen molar-refractivity contribution in [1.29, 1.82) is 0 Å². The molecule has 84 valence electrons. The molecule has 2 N–H and O–H groups in total. The van der Waals surface area contributed by atoms with E-state index >= 15 is 0 Å². The maximum Gasteiger partial charge on any atom is 0.0888 e. The molecule has 1 atom stereocenters. The average molecular weight is 317 g/mol. The molecule has 1 unspecified atom stereocenters. The van der Waals surface area contributed by atoms with Gasteiger partial charge in [-0.1, -0.05) is 35.9 Å². The maximum atomic E-state index is 6.23. The molecule has 16 heavy (non-hydrogen) atoms. The average Bonchev–Trinajstić information content (AvgIpc) is 2.59. The monoisotopic (exact) mass is 315 g/mol. The van der Waals surface area contributed by atoms with Crippen LogP contribution in [0.3, 0.4) is 0 Å². The van der Waals surface area contributed by atoms with Crippen LogP contribution in [-0.4, -0.2) is 0 Å². The molecule has 1 nitrogen and oxygen atoms in total. The van der Waals surface area contributed by atoms with Crippen molar-refractivity contribution in [2.45, 2.75) is 13.0 Å². The van der Waals surface area contributed by atoms with Gasteiger partial charge in [0.15, 0.2) is 0 Å². The van der Waals surface area contributed by atoms with E-state index < -0.39 is 0 Å². The normalized spacial score (nSPS) is 12.8. The van der Waals surface area contributed by atoms with Crippen molar-refractivity contribution < 1.29 is 0 Å². The van der Waals surface area contributed by atoms with Crippen LogP contribution < -0.4 is 5.73 Å². The van der Waals surface area contributed by atoms with Gasteiger partial charge in [-0.15, -0.1) is 11.3 Å². The zero-order valence-electron chi connectivity index (χ0n) is 8.71. The minimum absolute atomic E-state index is 0.102. The minimum atomic E-state index is -0.102. The van der Waals surface area contributed by atoms with Crippen LogP contribution in [0.2, 0.25) is 5.02 Å². The molecule has 1 aromatic heterocycles. The van der Waals surface area contributed by atoms with Crippen LogP contribution in [0.4, 0.5) is 0 Å². The lowest BCUT2D eigenvalue weighted by atomic mass is 10.0. The summed E-state index contributed by atoms with van der Waals surface area (Å²) in [6, 6.07) is 9.97. The molecule has 2 rings (SSSR count). The van der Waals surface area contributed by atoms with E-state index in [1.54, 1.807) is 11.3 Å². The third-order valence-electron chi connectivity index (χ3n) is 2.49. The van der Waals surface area contributed by atoms with E-state index in [-0.39, 0.29) is 6.04 Å². The fourth-order valence-corrected chi connectivity index (χ4v) is 3.37. The Kier molecular flexibility index (Phi) is 3.70. The molecular formula is C12H11BrClNS. The molecule has 0 saturated heterocycles. The van der Waals surface area contributed by atoms with Gasteiger partial charge in [-0.25, -0.2) is 0 Å². The highest BCUT2D eigenvalue weighted by molar-refractivity contribution is 9.11. The number of aryl methyl sites for hydroxylation is 1. The first kappa shape index (κ1) is 12.1. The second kappa shape index (κ2) is 4.88. The van der Waals surface area contributed by atoms with Crippen molar-refractivity contribution in [3.05, 3.63) is 55.1 Å². The van der Waals surface area contributed by atoms with Gasteiger partial charge in [0, 0.05) is 4.88 Å². The van der Waals surface area contributed by atoms with Gasteiger partial charge in [-0.2, -0.15) is 0 Å². The van der Waals surface area contributed by atoms with Gasteiger partial charge < -0.3 is 5.73 Å². The SMILES string of the molecule is Cc1ccccc1C(N)c1cc(Cl)c(Br)s1. The van der Waals surface area contributed by atoms with Crippen LogP contribution in [0.15, 0.2) is 34.1 Å². The number of halogens is 2. The molecule has 0 radical (unpaired) electrons. The summed E-state index contributed by atoms with van der Waals surface area (Å²) in [6.07, 6.45) is 0. The molecule has 4 heteroatoms. The molecule has 2 aromatic rings. The molecule has 0 spiro atoms. The van der Waals surface area contributed by atoms with E-state index in [1.807, 2.05) is 18.2 Å². The molecule has 0 aliphatic rings. The van der Waals surface area contributed by atoms with E-state index in [2.05, 4.69) is 35.0 Å². The smallest absolute Gasteiger partial charge is 0.0888 e. The van der Waals surface area contributed by atoms with Crippen LogP contribution in [0.1, 0.15) is 22.0 Å². The summed E-state index contributed by atoms with van der Waals surface area (Å²) in [5.74, 6) is 0. The van der Waals surface area contributed by atoms with Gasteiger partial charge >= 0.3 is 0 Å². The highest BCUT2D eigenvalue weighted by Gasteiger charge is 2.15. The number of benzene rings is 1. The van der Waals surface area contributed by atoms with Crippen LogP contribution in [0.5, 0.6) is 0 Å². The summed E-state index contributed by atoms with van der Waals surface area (Å²) in [6.45, 7) is 2.07. The van der Waals surface area contributed by atoms with Crippen molar-refractivity contribution in [2.75, 3.05) is 0 Å². The molecular weight excluding hydrogens is 306 g/mol. The van der Waals surface area contributed by atoms with Crippen molar-refractivity contribution in [2.24, 2.45) is 5.73 Å². The van der Waals surface area contributed by atoms with E-state index in [1.165, 1.54) is 5.56 Å². The first-order chi connectivity index (χ1) is 7.59. The maximum absolute atomic E-state index is 6.23. The Morgan fingerprint density at radius 3 is 2.62 bits per heavy atom. The second-order valence-corrected chi connectivity index (χ2v) is 6.41. The van der Waals surface area contributed by atoms with Crippen LogP contribution in [-0.2, 0) is 0 Å². The molecule has 0 bridgehead atoms. The van der Waals surface area contributed by atoms with E-state index in [9.17, 15) is 0 Å². The van der Waals surface area contributed by atoms with Gasteiger partial charge in [0.25, 0.3) is 0 Å². The van der Waals surface area contributed by atoms with Gasteiger partial charge in [0.1, 0.15) is 0 Å². The lowest BCUT2D eigenvalue weighted by Crippen LogP contribution is -2.11. The molecule has 1 aromatic carbocycles. The lowest BCUT2D eigenvalue weighted by molar-refractivity contribution is 0.882. The van der Waals surface area contributed by atoms with Gasteiger partial charge in [0.05, 0.1) is 14.9 Å². The fraction of sp³-hybridized carbons (Fsp3) is 0.167. The van der Waals surface area contributed by atoms with E-state index in [0.717, 1.165) is 19.2 Å². The van der Waals surface area contributed by atoms with Crippen LogP contribution in [0.25, 0.3) is 0 Å². The molecule has 0 saturated carbocycles. The number of hydrogen-bond acceptors (Lipinski definition) is 2. The Morgan fingerprint density at radius 1 is 1.38 bits per heavy atom. The molecule has 0 aliphatic heterocycles. The lowest BCUT2D eigenvalue weighted by Gasteiger charge is -2.12. The second-order valence-electron chi connectivity index (χ2n) is 3.60. The van der Waals surface area contributed by atoms with Crippen molar-refractivity contribution >= 4 is 38.9 Å². The predicted molar refractivity (Wildman–Crippen MR) is 74.2 cm³/mol. The summed E-state index contributed by atoms with van der Waals surface area (Å²) >= 11 is 11.0. The molecule has 0 fully saturated rings. The Balaban J connectivity index is 2.39. The zero-order chi connectivity index (χ0) is 11.7. The third-order valence-corrected chi connectivity index (χ3v) is 5.05. The predicted octanol–water partition coefficient (Wildman–Crippen LogP) is 4.52.